The summed E-state index contributed by atoms with van der Waals surface area (Å²) < 4.78 is 27.4. The maximum Gasteiger partial charge on any atom is 0.263 e. The normalized spacial score (nSPS) is 11.3. The minimum absolute atomic E-state index is 0.0168. The van der Waals surface area contributed by atoms with E-state index in [1.54, 1.807) is 23.9 Å². The second-order valence-electron chi connectivity index (χ2n) is 4.73. The van der Waals surface area contributed by atoms with Crippen LogP contribution in [0.15, 0.2) is 35.2 Å². The summed E-state index contributed by atoms with van der Waals surface area (Å²) in [6.45, 7) is 0.469. The van der Waals surface area contributed by atoms with Crippen LogP contribution in [0.25, 0.3) is 11.0 Å². The van der Waals surface area contributed by atoms with Gasteiger partial charge in [-0.05, 0) is 21.5 Å². The highest BCUT2D eigenvalue weighted by atomic mass is 79.9. The molecular weight excluding hydrogens is 356 g/mol. The Balaban J connectivity index is 1.82. The Kier molecular flexibility index (Phi) is 4.02. The van der Waals surface area contributed by atoms with Crippen molar-refractivity contribution in [2.45, 2.75) is 13.0 Å². The zero-order valence-corrected chi connectivity index (χ0v) is 13.2. The molecule has 22 heavy (non-hydrogen) atoms. The van der Waals surface area contributed by atoms with Crippen LogP contribution in [-0.4, -0.2) is 19.7 Å². The van der Waals surface area contributed by atoms with Crippen LogP contribution in [0.2, 0.25) is 0 Å². The lowest BCUT2D eigenvalue weighted by molar-refractivity contribution is 0.151. The third-order valence-electron chi connectivity index (χ3n) is 3.27. The van der Waals surface area contributed by atoms with Crippen molar-refractivity contribution in [2.75, 3.05) is 5.32 Å². The molecule has 114 valence electrons. The Morgan fingerprint density at radius 1 is 1.23 bits per heavy atom. The van der Waals surface area contributed by atoms with Gasteiger partial charge in [0.25, 0.3) is 6.43 Å². The van der Waals surface area contributed by atoms with E-state index in [2.05, 4.69) is 36.3 Å². The molecule has 0 aliphatic carbocycles. The number of rotatable bonds is 4. The molecule has 0 bridgehead atoms. The van der Waals surface area contributed by atoms with Gasteiger partial charge in [0.1, 0.15) is 16.7 Å². The third kappa shape index (κ3) is 2.78. The van der Waals surface area contributed by atoms with Crippen molar-refractivity contribution in [3.63, 3.8) is 0 Å². The fourth-order valence-corrected chi connectivity index (χ4v) is 2.74. The fourth-order valence-electron chi connectivity index (χ4n) is 2.14. The van der Waals surface area contributed by atoms with Crippen molar-refractivity contribution in [2.24, 2.45) is 7.05 Å². The van der Waals surface area contributed by atoms with Gasteiger partial charge in [-0.1, -0.05) is 24.3 Å². The van der Waals surface area contributed by atoms with Crippen molar-refractivity contribution >= 4 is 32.8 Å². The topological polar surface area (TPSA) is 55.6 Å². The van der Waals surface area contributed by atoms with Gasteiger partial charge in [-0.2, -0.15) is 5.10 Å². The quantitative estimate of drug-likeness (QED) is 0.764. The van der Waals surface area contributed by atoms with E-state index in [4.69, 9.17) is 0 Å². The molecule has 0 aliphatic rings. The first kappa shape index (κ1) is 14.8. The molecule has 0 unspecified atom stereocenters. The number of hydrogen-bond acceptors (Lipinski definition) is 4. The molecule has 8 heteroatoms. The molecule has 0 saturated heterocycles. The van der Waals surface area contributed by atoms with Crippen LogP contribution in [0.5, 0.6) is 0 Å². The SMILES string of the molecule is Cn1nc(Br)c2c(NCc3ccc(C(F)F)cc3)ncnc21. The van der Waals surface area contributed by atoms with Crippen molar-refractivity contribution in [3.8, 4) is 0 Å². The van der Waals surface area contributed by atoms with E-state index in [0.29, 0.717) is 22.6 Å². The Labute approximate surface area is 133 Å². The van der Waals surface area contributed by atoms with Gasteiger partial charge in [-0.15, -0.1) is 0 Å². The Bertz CT molecular complexity index is 801. The van der Waals surface area contributed by atoms with Crippen LogP contribution >= 0.6 is 15.9 Å². The van der Waals surface area contributed by atoms with E-state index in [1.807, 2.05) is 0 Å². The molecule has 5 nitrogen and oxygen atoms in total. The molecule has 2 aromatic heterocycles. The van der Waals surface area contributed by atoms with Crippen LogP contribution in [0.3, 0.4) is 0 Å². The first-order valence-electron chi connectivity index (χ1n) is 6.50. The average Bonchev–Trinajstić information content (AvgIpc) is 2.81. The number of fused-ring (bicyclic) bond motifs is 1. The standard InChI is InChI=1S/C14H12BrF2N5/c1-22-14-10(11(15)21-22)13(19-7-20-14)18-6-8-2-4-9(5-3-8)12(16)17/h2-5,7,12H,6H2,1H3,(H,18,19,20). The van der Waals surface area contributed by atoms with E-state index < -0.39 is 6.43 Å². The highest BCUT2D eigenvalue weighted by Gasteiger charge is 2.13. The van der Waals surface area contributed by atoms with Crippen LogP contribution in [0, 0.1) is 0 Å². The van der Waals surface area contributed by atoms with Gasteiger partial charge in [0.2, 0.25) is 0 Å². The average molecular weight is 368 g/mol. The fraction of sp³-hybridized carbons (Fsp3) is 0.214. The number of alkyl halides is 2. The first-order chi connectivity index (χ1) is 10.6. The summed E-state index contributed by atoms with van der Waals surface area (Å²) >= 11 is 3.38. The Morgan fingerprint density at radius 3 is 2.64 bits per heavy atom. The van der Waals surface area contributed by atoms with Crippen LogP contribution in [0.4, 0.5) is 14.6 Å². The highest BCUT2D eigenvalue weighted by molar-refractivity contribution is 9.10. The molecule has 0 fully saturated rings. The number of nitrogens with zero attached hydrogens (tertiary/aromatic N) is 4. The van der Waals surface area contributed by atoms with Crippen LogP contribution < -0.4 is 5.32 Å². The number of aromatic nitrogens is 4. The summed E-state index contributed by atoms with van der Waals surface area (Å²) in [5.74, 6) is 0.642. The Morgan fingerprint density at radius 2 is 1.95 bits per heavy atom. The lowest BCUT2D eigenvalue weighted by Gasteiger charge is -2.07. The zero-order valence-electron chi connectivity index (χ0n) is 11.6. The second kappa shape index (κ2) is 5.96. The van der Waals surface area contributed by atoms with E-state index in [-0.39, 0.29) is 5.56 Å². The highest BCUT2D eigenvalue weighted by Crippen LogP contribution is 2.27. The maximum atomic E-state index is 12.5. The number of hydrogen-bond donors (Lipinski definition) is 1. The summed E-state index contributed by atoms with van der Waals surface area (Å²) in [6.07, 6.45) is -0.992. The van der Waals surface area contributed by atoms with Crippen molar-refractivity contribution in [1.82, 2.24) is 19.7 Å². The summed E-state index contributed by atoms with van der Waals surface area (Å²) in [5, 5.41) is 8.22. The second-order valence-corrected chi connectivity index (χ2v) is 5.48. The monoisotopic (exact) mass is 367 g/mol. The van der Waals surface area contributed by atoms with Gasteiger partial charge >= 0.3 is 0 Å². The lowest BCUT2D eigenvalue weighted by atomic mass is 10.1. The lowest BCUT2D eigenvalue weighted by Crippen LogP contribution is -2.03. The largest absolute Gasteiger partial charge is 0.365 e. The number of benzene rings is 1. The number of nitrogens with one attached hydrogen (secondary N) is 1. The molecule has 0 aliphatic heterocycles. The Hall–Kier alpha value is -2.09. The van der Waals surface area contributed by atoms with Crippen molar-refractivity contribution < 1.29 is 8.78 Å². The number of halogens is 3. The van der Waals surface area contributed by atoms with Crippen LogP contribution in [-0.2, 0) is 13.6 Å². The zero-order chi connectivity index (χ0) is 15.7. The van der Waals surface area contributed by atoms with E-state index in [1.165, 1.54) is 18.5 Å². The third-order valence-corrected chi connectivity index (χ3v) is 3.82. The molecule has 0 spiro atoms. The van der Waals surface area contributed by atoms with Gasteiger partial charge < -0.3 is 5.32 Å². The summed E-state index contributed by atoms with van der Waals surface area (Å²) in [6, 6.07) is 6.20. The molecule has 2 heterocycles. The minimum Gasteiger partial charge on any atom is -0.365 e. The van der Waals surface area contributed by atoms with Gasteiger partial charge in [0, 0.05) is 19.2 Å². The van der Waals surface area contributed by atoms with Crippen molar-refractivity contribution in [1.29, 1.82) is 0 Å². The van der Waals surface area contributed by atoms with E-state index in [0.717, 1.165) is 10.9 Å². The number of aryl methyl sites for hydroxylation is 1. The van der Waals surface area contributed by atoms with Gasteiger partial charge in [0.05, 0.1) is 5.39 Å². The predicted octanol–water partition coefficient (Wildman–Crippen LogP) is 3.68. The maximum absolute atomic E-state index is 12.5. The summed E-state index contributed by atoms with van der Waals surface area (Å²) in [7, 11) is 1.80. The predicted molar refractivity (Wildman–Crippen MR) is 82.7 cm³/mol. The van der Waals surface area contributed by atoms with Crippen molar-refractivity contribution in [3.05, 3.63) is 46.3 Å². The van der Waals surface area contributed by atoms with Gasteiger partial charge in [-0.3, -0.25) is 0 Å². The van der Waals surface area contributed by atoms with Gasteiger partial charge in [-0.25, -0.2) is 23.4 Å². The molecule has 0 amide bonds. The molecule has 0 atom stereocenters. The molecule has 0 saturated carbocycles. The summed E-state index contributed by atoms with van der Waals surface area (Å²) in [4.78, 5) is 8.40. The molecule has 0 radical (unpaired) electrons. The molecular formula is C14H12BrF2N5. The van der Waals surface area contributed by atoms with E-state index >= 15 is 0 Å². The van der Waals surface area contributed by atoms with Crippen LogP contribution in [0.1, 0.15) is 17.6 Å². The smallest absolute Gasteiger partial charge is 0.263 e. The van der Waals surface area contributed by atoms with Gasteiger partial charge in [0.15, 0.2) is 5.65 Å². The molecule has 3 rings (SSSR count). The van der Waals surface area contributed by atoms with E-state index in [9.17, 15) is 8.78 Å². The molecule has 3 aromatic rings. The summed E-state index contributed by atoms with van der Waals surface area (Å²) in [5.41, 5.74) is 1.61. The molecule has 1 N–H and O–H groups in total. The first-order valence-corrected chi connectivity index (χ1v) is 7.29. The minimum atomic E-state index is -2.45. The molecule has 1 aromatic carbocycles. The number of anilines is 1.